The van der Waals surface area contributed by atoms with E-state index >= 15 is 0 Å². The van der Waals surface area contributed by atoms with Gasteiger partial charge in [0.25, 0.3) is 0 Å². The van der Waals surface area contributed by atoms with E-state index in [9.17, 15) is 9.59 Å². The predicted octanol–water partition coefficient (Wildman–Crippen LogP) is 3.23. The Labute approximate surface area is 147 Å². The predicted molar refractivity (Wildman–Crippen MR) is 92.9 cm³/mol. The van der Waals surface area contributed by atoms with Crippen molar-refractivity contribution >= 4 is 11.9 Å². The molecule has 0 saturated carbocycles. The molecule has 0 fully saturated rings. The molecule has 0 aliphatic carbocycles. The van der Waals surface area contributed by atoms with E-state index in [1.54, 1.807) is 21.1 Å². The number of carboxylic acids is 1. The minimum atomic E-state index is -1.05. The fourth-order valence-electron chi connectivity index (χ4n) is 2.89. The Bertz CT molecular complexity index is 791. The number of rotatable bonds is 6. The summed E-state index contributed by atoms with van der Waals surface area (Å²) in [6.45, 7) is 5.44. The molecule has 0 spiro atoms. The lowest BCUT2D eigenvalue weighted by Crippen LogP contribution is -2.41. The van der Waals surface area contributed by atoms with Gasteiger partial charge >= 0.3 is 5.97 Å². The van der Waals surface area contributed by atoms with Crippen LogP contribution in [0.1, 0.15) is 41.3 Å². The van der Waals surface area contributed by atoms with Crippen molar-refractivity contribution < 1.29 is 23.8 Å². The number of carbonyl (C=O) groups is 2. The molecule has 0 aliphatic rings. The lowest BCUT2D eigenvalue weighted by atomic mass is 9.82. The molecule has 25 heavy (non-hydrogen) atoms. The molecule has 0 unspecified atom stereocenters. The summed E-state index contributed by atoms with van der Waals surface area (Å²) in [4.78, 5) is 25.6. The van der Waals surface area contributed by atoms with Gasteiger partial charge in [-0.1, -0.05) is 18.2 Å². The van der Waals surface area contributed by atoms with Crippen molar-refractivity contribution in [2.45, 2.75) is 32.7 Å². The summed E-state index contributed by atoms with van der Waals surface area (Å²) in [6.07, 6.45) is 0. The number of ether oxygens (including phenoxy) is 1. The fraction of sp³-hybridized carbons (Fsp3) is 0.368. The quantitative estimate of drug-likeness (QED) is 0.869. The zero-order valence-electron chi connectivity index (χ0n) is 15.1. The van der Waals surface area contributed by atoms with Gasteiger partial charge in [-0.05, 0) is 32.9 Å². The Morgan fingerprint density at radius 2 is 1.92 bits per heavy atom. The van der Waals surface area contributed by atoms with Crippen molar-refractivity contribution in [2.24, 2.45) is 0 Å². The molecule has 6 heteroatoms. The van der Waals surface area contributed by atoms with Crippen LogP contribution in [0.15, 0.2) is 34.7 Å². The number of aryl methyl sites for hydroxylation is 1. The lowest BCUT2D eigenvalue weighted by Gasteiger charge is -2.30. The maximum Gasteiger partial charge on any atom is 0.339 e. The van der Waals surface area contributed by atoms with Gasteiger partial charge in [0.1, 0.15) is 22.8 Å². The standard InChI is InChI=1S/C19H23NO5/c1-12-14(17(21)22)10-13(25-12)11-20(4)18(23)19(2,3)15-8-6-7-9-16(15)24-5/h6-10H,11H2,1-5H3,(H,21,22). The molecular formula is C19H23NO5. The highest BCUT2D eigenvalue weighted by Crippen LogP contribution is 2.33. The molecule has 6 nitrogen and oxygen atoms in total. The third kappa shape index (κ3) is 3.68. The molecule has 1 aromatic carbocycles. The summed E-state index contributed by atoms with van der Waals surface area (Å²) >= 11 is 0. The Hall–Kier alpha value is -2.76. The summed E-state index contributed by atoms with van der Waals surface area (Å²) in [5.74, 6) is 0.240. The van der Waals surface area contributed by atoms with Crippen molar-refractivity contribution in [1.82, 2.24) is 4.90 Å². The Balaban J connectivity index is 2.24. The number of carbonyl (C=O) groups excluding carboxylic acids is 1. The molecule has 1 aromatic heterocycles. The van der Waals surface area contributed by atoms with Gasteiger partial charge in [-0.2, -0.15) is 0 Å². The summed E-state index contributed by atoms with van der Waals surface area (Å²) < 4.78 is 10.8. The first-order valence-electron chi connectivity index (χ1n) is 7.90. The number of hydrogen-bond acceptors (Lipinski definition) is 4. The zero-order chi connectivity index (χ0) is 18.8. The van der Waals surface area contributed by atoms with Crippen LogP contribution in [0.4, 0.5) is 0 Å². The summed E-state index contributed by atoms with van der Waals surface area (Å²) in [6, 6.07) is 8.86. The number of furan rings is 1. The molecule has 134 valence electrons. The van der Waals surface area contributed by atoms with Gasteiger partial charge in [0.15, 0.2) is 0 Å². The molecule has 2 aromatic rings. The normalized spacial score (nSPS) is 11.2. The molecule has 0 atom stereocenters. The first kappa shape index (κ1) is 18.6. The SMILES string of the molecule is COc1ccccc1C(C)(C)C(=O)N(C)Cc1cc(C(=O)O)c(C)o1. The van der Waals surface area contributed by atoms with Crippen molar-refractivity contribution in [2.75, 3.05) is 14.2 Å². The van der Waals surface area contributed by atoms with Crippen molar-refractivity contribution in [3.63, 3.8) is 0 Å². The van der Waals surface area contributed by atoms with E-state index < -0.39 is 11.4 Å². The Morgan fingerprint density at radius 1 is 1.28 bits per heavy atom. The van der Waals surface area contributed by atoms with E-state index in [0.29, 0.717) is 17.3 Å². The smallest absolute Gasteiger partial charge is 0.339 e. The number of hydrogen-bond donors (Lipinski definition) is 1. The van der Waals surface area contributed by atoms with Gasteiger partial charge in [0.2, 0.25) is 5.91 Å². The number of nitrogens with zero attached hydrogens (tertiary/aromatic N) is 1. The van der Waals surface area contributed by atoms with E-state index in [0.717, 1.165) is 5.56 Å². The molecule has 0 radical (unpaired) electrons. The highest BCUT2D eigenvalue weighted by Gasteiger charge is 2.35. The molecule has 0 bridgehead atoms. The maximum atomic E-state index is 13.0. The first-order chi connectivity index (χ1) is 11.7. The van der Waals surface area contributed by atoms with E-state index in [1.807, 2.05) is 38.1 Å². The highest BCUT2D eigenvalue weighted by molar-refractivity contribution is 5.89. The number of benzene rings is 1. The monoisotopic (exact) mass is 345 g/mol. The number of likely N-dealkylation sites (N-methyl/N-ethyl adjacent to an activating group) is 1. The fourth-order valence-corrected chi connectivity index (χ4v) is 2.89. The lowest BCUT2D eigenvalue weighted by molar-refractivity contribution is -0.135. The zero-order valence-corrected chi connectivity index (χ0v) is 15.1. The maximum absolute atomic E-state index is 13.0. The van der Waals surface area contributed by atoms with Crippen LogP contribution in [-0.4, -0.2) is 36.0 Å². The summed E-state index contributed by atoms with van der Waals surface area (Å²) in [7, 11) is 3.24. The van der Waals surface area contributed by atoms with E-state index in [1.165, 1.54) is 11.0 Å². The van der Waals surface area contributed by atoms with Crippen molar-refractivity contribution in [3.8, 4) is 5.75 Å². The van der Waals surface area contributed by atoms with Crippen LogP contribution in [0.3, 0.4) is 0 Å². The van der Waals surface area contributed by atoms with E-state index in [4.69, 9.17) is 14.3 Å². The second kappa shape index (κ2) is 7.01. The van der Waals surface area contributed by atoms with Crippen LogP contribution >= 0.6 is 0 Å². The topological polar surface area (TPSA) is 80.0 Å². The average Bonchev–Trinajstić information content (AvgIpc) is 2.94. The average molecular weight is 345 g/mol. The number of aromatic carboxylic acids is 1. The second-order valence-electron chi connectivity index (χ2n) is 6.47. The number of methoxy groups -OCH3 is 1. The first-order valence-corrected chi connectivity index (χ1v) is 7.90. The molecule has 0 aliphatic heterocycles. The summed E-state index contributed by atoms with van der Waals surface area (Å²) in [5.41, 5.74) is 0.0922. The minimum Gasteiger partial charge on any atom is -0.496 e. The second-order valence-corrected chi connectivity index (χ2v) is 6.47. The van der Waals surface area contributed by atoms with Crippen LogP contribution in [0.5, 0.6) is 5.75 Å². The third-order valence-electron chi connectivity index (χ3n) is 4.25. The van der Waals surface area contributed by atoms with E-state index in [-0.39, 0.29) is 18.0 Å². The van der Waals surface area contributed by atoms with Crippen LogP contribution in [-0.2, 0) is 16.8 Å². The van der Waals surface area contributed by atoms with Crippen LogP contribution in [0.25, 0.3) is 0 Å². The van der Waals surface area contributed by atoms with Crippen molar-refractivity contribution in [1.29, 1.82) is 0 Å². The van der Waals surface area contributed by atoms with Crippen LogP contribution in [0, 0.1) is 6.92 Å². The molecule has 1 N–H and O–H groups in total. The van der Waals surface area contributed by atoms with Gasteiger partial charge < -0.3 is 19.2 Å². The van der Waals surface area contributed by atoms with Gasteiger partial charge in [-0.15, -0.1) is 0 Å². The largest absolute Gasteiger partial charge is 0.496 e. The number of amides is 1. The Kier molecular flexibility index (Phi) is 5.21. The highest BCUT2D eigenvalue weighted by atomic mass is 16.5. The number of carboxylic acid groups (broad SMARTS) is 1. The van der Waals surface area contributed by atoms with Crippen molar-refractivity contribution in [3.05, 3.63) is 53.0 Å². The number of para-hydroxylation sites is 1. The molecule has 1 amide bonds. The van der Waals surface area contributed by atoms with Crippen LogP contribution < -0.4 is 4.74 Å². The third-order valence-corrected chi connectivity index (χ3v) is 4.25. The molecule has 1 heterocycles. The molecule has 0 saturated heterocycles. The minimum absolute atomic E-state index is 0.111. The Morgan fingerprint density at radius 3 is 2.48 bits per heavy atom. The van der Waals surface area contributed by atoms with Gasteiger partial charge in [-0.25, -0.2) is 4.79 Å². The van der Waals surface area contributed by atoms with Crippen LogP contribution in [0.2, 0.25) is 0 Å². The van der Waals surface area contributed by atoms with Gasteiger partial charge in [-0.3, -0.25) is 4.79 Å². The van der Waals surface area contributed by atoms with E-state index in [2.05, 4.69) is 0 Å². The van der Waals surface area contributed by atoms with Gasteiger partial charge in [0.05, 0.1) is 19.1 Å². The summed E-state index contributed by atoms with van der Waals surface area (Å²) in [5, 5.41) is 9.10. The molecular weight excluding hydrogens is 322 g/mol. The van der Waals surface area contributed by atoms with Gasteiger partial charge in [0, 0.05) is 12.6 Å². The molecule has 2 rings (SSSR count).